The Labute approximate surface area is 68.9 Å². The van der Waals surface area contributed by atoms with E-state index in [0.29, 0.717) is 5.75 Å². The first-order chi connectivity index (χ1) is 5.16. The van der Waals surface area contributed by atoms with Gasteiger partial charge in [-0.1, -0.05) is 0 Å². The van der Waals surface area contributed by atoms with Crippen molar-refractivity contribution in [3.63, 3.8) is 0 Å². The molecule has 1 rings (SSSR count). The summed E-state index contributed by atoms with van der Waals surface area (Å²) in [5, 5.41) is 35.5. The van der Waals surface area contributed by atoms with Crippen LogP contribution in [0.1, 0.15) is 0 Å². The molecule has 0 bridgehead atoms. The minimum Gasteiger partial charge on any atom is -0.394 e. The Morgan fingerprint density at radius 1 is 1.45 bits per heavy atom. The van der Waals surface area contributed by atoms with Crippen LogP contribution in [0.25, 0.3) is 0 Å². The van der Waals surface area contributed by atoms with Crippen LogP contribution < -0.4 is 0 Å². The molecule has 0 saturated carbocycles. The van der Waals surface area contributed by atoms with Crippen LogP contribution in [0.3, 0.4) is 0 Å². The van der Waals surface area contributed by atoms with E-state index in [-0.39, 0.29) is 6.61 Å². The van der Waals surface area contributed by atoms with Gasteiger partial charge in [0, 0.05) is 5.75 Å². The average Bonchev–Trinajstić information content (AvgIpc) is 2.32. The minimum absolute atomic E-state index is 0.374. The quantitative estimate of drug-likeness (QED) is 0.402. The Bertz CT molecular complexity index is 132. The Hall–Kier alpha value is 0.190. The first-order valence-corrected chi connectivity index (χ1v) is 4.48. The van der Waals surface area contributed by atoms with Gasteiger partial charge in [0.05, 0.1) is 30.2 Å². The predicted octanol–water partition coefficient (Wildman–Crippen LogP) is -1.82. The molecule has 11 heavy (non-hydrogen) atoms. The van der Waals surface area contributed by atoms with Crippen molar-refractivity contribution in [3.05, 3.63) is 0 Å². The van der Waals surface area contributed by atoms with Crippen molar-refractivity contribution in [2.45, 2.75) is 23.6 Å². The molecule has 0 aromatic carbocycles. The smallest absolute Gasteiger partial charge is 0.0951 e. The lowest BCUT2D eigenvalue weighted by Crippen LogP contribution is -2.38. The van der Waals surface area contributed by atoms with Crippen LogP contribution in [0.5, 0.6) is 0 Å². The lowest BCUT2D eigenvalue weighted by Gasteiger charge is -2.19. The Morgan fingerprint density at radius 2 is 2.09 bits per heavy atom. The molecule has 1 aliphatic heterocycles. The monoisotopic (exact) mass is 180 g/mol. The SMILES string of the molecule is OC[C@@H](O)[C@H]1SC[C@@H](O)[C@H]1O. The molecule has 66 valence electrons. The molecule has 0 aromatic heterocycles. The van der Waals surface area contributed by atoms with E-state index in [4.69, 9.17) is 15.3 Å². The molecule has 1 fully saturated rings. The third kappa shape index (κ3) is 1.86. The maximum Gasteiger partial charge on any atom is 0.0951 e. The molecule has 0 radical (unpaired) electrons. The van der Waals surface area contributed by atoms with E-state index in [1.165, 1.54) is 11.8 Å². The van der Waals surface area contributed by atoms with Gasteiger partial charge in [-0.25, -0.2) is 0 Å². The van der Waals surface area contributed by atoms with Crippen molar-refractivity contribution in [2.75, 3.05) is 12.4 Å². The lowest BCUT2D eigenvalue weighted by molar-refractivity contribution is 0.000870. The van der Waals surface area contributed by atoms with E-state index in [0.717, 1.165) is 0 Å². The second kappa shape index (κ2) is 3.73. The van der Waals surface area contributed by atoms with Crippen LogP contribution in [-0.4, -0.2) is 56.3 Å². The van der Waals surface area contributed by atoms with Gasteiger partial charge in [-0.2, -0.15) is 11.8 Å². The Kier molecular flexibility index (Phi) is 3.15. The van der Waals surface area contributed by atoms with Crippen LogP contribution in [0.2, 0.25) is 0 Å². The second-order valence-corrected chi connectivity index (χ2v) is 3.82. The summed E-state index contributed by atoms with van der Waals surface area (Å²) >= 11 is 1.28. The molecule has 0 amide bonds. The van der Waals surface area contributed by atoms with Crippen LogP contribution in [0.4, 0.5) is 0 Å². The van der Waals surface area contributed by atoms with E-state index in [9.17, 15) is 5.11 Å². The number of aliphatic hydroxyl groups is 4. The highest BCUT2D eigenvalue weighted by Gasteiger charge is 2.38. The molecule has 0 unspecified atom stereocenters. The highest BCUT2D eigenvalue weighted by molar-refractivity contribution is 8.00. The van der Waals surface area contributed by atoms with Gasteiger partial charge in [0.25, 0.3) is 0 Å². The van der Waals surface area contributed by atoms with E-state index < -0.39 is 23.6 Å². The Balaban J connectivity index is 2.47. The molecule has 4 atom stereocenters. The summed E-state index contributed by atoms with van der Waals surface area (Å²) in [5.74, 6) is 0.420. The van der Waals surface area contributed by atoms with Gasteiger partial charge in [-0.15, -0.1) is 0 Å². The molecule has 4 nitrogen and oxygen atoms in total. The average molecular weight is 180 g/mol. The molecule has 1 aliphatic rings. The van der Waals surface area contributed by atoms with Crippen LogP contribution in [-0.2, 0) is 0 Å². The first kappa shape index (κ1) is 9.28. The maximum absolute atomic E-state index is 9.22. The number of hydrogen-bond donors (Lipinski definition) is 4. The van der Waals surface area contributed by atoms with Gasteiger partial charge in [-0.05, 0) is 0 Å². The molecular weight excluding hydrogens is 168 g/mol. The molecule has 1 heterocycles. The summed E-state index contributed by atoms with van der Waals surface area (Å²) in [6, 6.07) is 0. The molecule has 0 aromatic rings. The van der Waals surface area contributed by atoms with Crippen LogP contribution in [0.15, 0.2) is 0 Å². The number of thioether (sulfide) groups is 1. The summed E-state index contributed by atoms with van der Waals surface area (Å²) in [6.07, 6.45) is -2.62. The molecular formula is C6H12O4S. The first-order valence-electron chi connectivity index (χ1n) is 3.43. The fourth-order valence-corrected chi connectivity index (χ4v) is 2.37. The second-order valence-electron chi connectivity index (χ2n) is 2.61. The van der Waals surface area contributed by atoms with Crippen LogP contribution >= 0.6 is 11.8 Å². The zero-order chi connectivity index (χ0) is 8.43. The zero-order valence-electron chi connectivity index (χ0n) is 5.92. The fourth-order valence-electron chi connectivity index (χ4n) is 1.07. The Morgan fingerprint density at radius 3 is 2.45 bits per heavy atom. The van der Waals surface area contributed by atoms with E-state index in [2.05, 4.69) is 0 Å². The maximum atomic E-state index is 9.22. The van der Waals surface area contributed by atoms with Gasteiger partial charge in [0.1, 0.15) is 0 Å². The highest BCUT2D eigenvalue weighted by Crippen LogP contribution is 2.29. The fraction of sp³-hybridized carbons (Fsp3) is 1.00. The van der Waals surface area contributed by atoms with Gasteiger partial charge >= 0.3 is 0 Å². The highest BCUT2D eigenvalue weighted by atomic mass is 32.2. The summed E-state index contributed by atoms with van der Waals surface area (Å²) in [5.41, 5.74) is 0. The van der Waals surface area contributed by atoms with Crippen molar-refractivity contribution >= 4 is 11.8 Å². The predicted molar refractivity (Wildman–Crippen MR) is 41.4 cm³/mol. The van der Waals surface area contributed by atoms with E-state index >= 15 is 0 Å². The molecule has 1 saturated heterocycles. The van der Waals surface area contributed by atoms with Crippen molar-refractivity contribution in [2.24, 2.45) is 0 Å². The third-order valence-electron chi connectivity index (χ3n) is 1.76. The number of rotatable bonds is 2. The van der Waals surface area contributed by atoms with Gasteiger partial charge in [0.2, 0.25) is 0 Å². The van der Waals surface area contributed by atoms with Gasteiger partial charge in [0.15, 0.2) is 0 Å². The summed E-state index contributed by atoms with van der Waals surface area (Å²) in [6.45, 7) is -0.374. The topological polar surface area (TPSA) is 80.9 Å². The molecule has 0 aliphatic carbocycles. The standard InChI is InChI=1S/C6H12O4S/c7-1-3(8)6-5(10)4(9)2-11-6/h3-10H,1-2H2/t3-,4-,5-,6-/m1/s1. The van der Waals surface area contributed by atoms with E-state index in [1.54, 1.807) is 0 Å². The zero-order valence-corrected chi connectivity index (χ0v) is 6.74. The summed E-state index contributed by atoms with van der Waals surface area (Å²) in [4.78, 5) is 0. The van der Waals surface area contributed by atoms with Crippen molar-refractivity contribution in [3.8, 4) is 0 Å². The summed E-state index contributed by atoms with van der Waals surface area (Å²) in [7, 11) is 0. The number of aliphatic hydroxyl groups excluding tert-OH is 4. The minimum atomic E-state index is -0.938. The molecule has 5 heteroatoms. The number of hydrogen-bond acceptors (Lipinski definition) is 5. The summed E-state index contributed by atoms with van der Waals surface area (Å²) < 4.78 is 0. The third-order valence-corrected chi connectivity index (χ3v) is 3.27. The van der Waals surface area contributed by atoms with E-state index in [1.807, 2.05) is 0 Å². The lowest BCUT2D eigenvalue weighted by atomic mass is 10.1. The van der Waals surface area contributed by atoms with Crippen molar-refractivity contribution < 1.29 is 20.4 Å². The normalized spacial score (nSPS) is 40.9. The molecule has 4 N–H and O–H groups in total. The largest absolute Gasteiger partial charge is 0.394 e. The molecule has 0 spiro atoms. The van der Waals surface area contributed by atoms with Crippen molar-refractivity contribution in [1.29, 1.82) is 0 Å². The van der Waals surface area contributed by atoms with Crippen LogP contribution in [0, 0.1) is 0 Å². The van der Waals surface area contributed by atoms with Crippen molar-refractivity contribution in [1.82, 2.24) is 0 Å². The van der Waals surface area contributed by atoms with Gasteiger partial charge in [-0.3, -0.25) is 0 Å². The van der Waals surface area contributed by atoms with Gasteiger partial charge < -0.3 is 20.4 Å².